The van der Waals surface area contributed by atoms with Crippen LogP contribution in [-0.2, 0) is 22.4 Å². The Morgan fingerprint density at radius 3 is 2.19 bits per heavy atom. The molecule has 1 saturated carbocycles. The van der Waals surface area contributed by atoms with Gasteiger partial charge in [-0.25, -0.2) is 9.59 Å². The van der Waals surface area contributed by atoms with Crippen LogP contribution in [0.2, 0.25) is 10.0 Å². The van der Waals surface area contributed by atoms with E-state index in [-0.39, 0.29) is 45.8 Å². The van der Waals surface area contributed by atoms with Crippen molar-refractivity contribution in [1.82, 2.24) is 19.6 Å². The Hall–Kier alpha value is -3.21. The highest BCUT2D eigenvalue weighted by Gasteiger charge is 2.32. The third-order valence-corrected chi connectivity index (χ3v) is 10.8. The van der Waals surface area contributed by atoms with Gasteiger partial charge < -0.3 is 29.9 Å². The Balaban J connectivity index is 0.000000190. The summed E-state index contributed by atoms with van der Waals surface area (Å²) in [5.74, 6) is -0.0450. The first kappa shape index (κ1) is 36.1. The predicted molar refractivity (Wildman–Crippen MR) is 189 cm³/mol. The average molecular weight is 703 g/mol. The van der Waals surface area contributed by atoms with Gasteiger partial charge in [0, 0.05) is 69.5 Å². The monoisotopic (exact) mass is 701 g/mol. The van der Waals surface area contributed by atoms with Crippen LogP contribution in [0, 0.1) is 5.92 Å². The molecule has 48 heavy (non-hydrogen) atoms. The number of halogens is 2. The van der Waals surface area contributed by atoms with Crippen LogP contribution in [-0.4, -0.2) is 108 Å². The number of phenolic OH excluding ortho intramolecular Hbond substituents is 1. The Morgan fingerprint density at radius 2 is 1.54 bits per heavy atom. The molecule has 0 spiro atoms. The molecule has 0 bridgehead atoms. The van der Waals surface area contributed by atoms with E-state index in [1.807, 2.05) is 34.9 Å². The molecule has 2 aromatic rings. The number of carbonyl (C=O) groups is 3. The number of fused-ring (bicyclic) bond motifs is 1. The second-order valence-corrected chi connectivity index (χ2v) is 14.2. The highest BCUT2D eigenvalue weighted by Crippen LogP contribution is 2.34. The molecule has 0 unspecified atom stereocenters. The number of aromatic hydroxyl groups is 1. The quantitative estimate of drug-likeness (QED) is 0.361. The number of para-hydroxylation sites is 1. The predicted octanol–water partition coefficient (Wildman–Crippen LogP) is 6.66. The number of carbonyl (C=O) groups excluding carboxylic acids is 3. The number of hydrogen-bond acceptors (Lipinski definition) is 6. The Bertz CT molecular complexity index is 1400. The van der Waals surface area contributed by atoms with Gasteiger partial charge in [-0.1, -0.05) is 67.6 Å². The third kappa shape index (κ3) is 9.07. The minimum atomic E-state index is -0.286. The van der Waals surface area contributed by atoms with E-state index in [4.69, 9.17) is 27.9 Å². The summed E-state index contributed by atoms with van der Waals surface area (Å²) >= 11 is 12.0. The van der Waals surface area contributed by atoms with Gasteiger partial charge in [-0.15, -0.1) is 0 Å². The molecule has 0 radical (unpaired) electrons. The fourth-order valence-electron chi connectivity index (χ4n) is 7.47. The molecular weight excluding hydrogens is 653 g/mol. The molecule has 4 amide bonds. The maximum absolute atomic E-state index is 12.8. The fourth-order valence-corrected chi connectivity index (χ4v) is 8.00. The van der Waals surface area contributed by atoms with Gasteiger partial charge in [0.1, 0.15) is 0 Å². The molecule has 2 N–H and O–H groups in total. The number of nitrogens with one attached hydrogen (secondary N) is 1. The largest absolute Gasteiger partial charge is 0.505 e. The summed E-state index contributed by atoms with van der Waals surface area (Å²) < 4.78 is 4.75. The standard InChI is InChI=1S/C20H28Cl2N2O2.C16H21N3O3/c1-14(11-15-12-17(21)19(25)18(22)13-15)20(26)24-9-7-23(8-10-24)16-5-3-2-4-6-16;1-22-16(21)18-9-7-13(8-10-18)19-11-6-12-4-2-3-5-14(12)17-15(19)20/h12-14,16,25H,2-11H2,1H3;2-5,13H,6-11H2,1H3,(H,17,20)/t14-;/m1./s1. The van der Waals surface area contributed by atoms with Crippen molar-refractivity contribution in [3.63, 3.8) is 0 Å². The highest BCUT2D eigenvalue weighted by molar-refractivity contribution is 6.37. The van der Waals surface area contributed by atoms with Gasteiger partial charge in [0.2, 0.25) is 5.91 Å². The molecule has 12 heteroatoms. The molecule has 3 fully saturated rings. The second-order valence-electron chi connectivity index (χ2n) is 13.4. The van der Waals surface area contributed by atoms with Crippen molar-refractivity contribution in [1.29, 1.82) is 0 Å². The lowest BCUT2D eigenvalue weighted by molar-refractivity contribution is -0.137. The molecule has 262 valence electrons. The van der Waals surface area contributed by atoms with Crippen LogP contribution in [0.25, 0.3) is 0 Å². The van der Waals surface area contributed by atoms with E-state index in [0.717, 1.165) is 62.7 Å². The fraction of sp³-hybridized carbons (Fsp3) is 0.583. The van der Waals surface area contributed by atoms with Crippen molar-refractivity contribution in [2.75, 3.05) is 58.2 Å². The minimum absolute atomic E-state index is 0.0403. The smallest absolute Gasteiger partial charge is 0.409 e. The molecule has 2 saturated heterocycles. The minimum Gasteiger partial charge on any atom is -0.505 e. The summed E-state index contributed by atoms with van der Waals surface area (Å²) in [5.41, 5.74) is 2.95. The van der Waals surface area contributed by atoms with Gasteiger partial charge in [0.05, 0.1) is 17.2 Å². The maximum Gasteiger partial charge on any atom is 0.409 e. The van der Waals surface area contributed by atoms with Crippen LogP contribution >= 0.6 is 23.2 Å². The topological polar surface area (TPSA) is 106 Å². The van der Waals surface area contributed by atoms with Crippen molar-refractivity contribution in [2.45, 2.75) is 76.8 Å². The van der Waals surface area contributed by atoms with Gasteiger partial charge in [0.15, 0.2) is 5.75 Å². The van der Waals surface area contributed by atoms with Gasteiger partial charge in [-0.05, 0) is 67.9 Å². The summed E-state index contributed by atoms with van der Waals surface area (Å²) in [5, 5.41) is 13.1. The number of ether oxygens (including phenoxy) is 1. The molecule has 1 aliphatic carbocycles. The number of amides is 4. The zero-order valence-corrected chi connectivity index (χ0v) is 29.6. The molecule has 0 aromatic heterocycles. The first-order valence-electron chi connectivity index (χ1n) is 17.3. The van der Waals surface area contributed by atoms with Crippen LogP contribution in [0.15, 0.2) is 36.4 Å². The number of benzene rings is 2. The molecule has 6 rings (SSSR count). The lowest BCUT2D eigenvalue weighted by Crippen LogP contribution is -2.53. The lowest BCUT2D eigenvalue weighted by Gasteiger charge is -2.41. The molecule has 4 aliphatic rings. The summed E-state index contributed by atoms with van der Waals surface area (Å²) in [6.45, 7) is 7.53. The van der Waals surface area contributed by atoms with Crippen LogP contribution in [0.1, 0.15) is 63.0 Å². The van der Waals surface area contributed by atoms with Crippen molar-refractivity contribution in [3.05, 3.63) is 57.6 Å². The lowest BCUT2D eigenvalue weighted by atomic mass is 9.93. The number of urea groups is 1. The highest BCUT2D eigenvalue weighted by atomic mass is 35.5. The zero-order valence-electron chi connectivity index (χ0n) is 28.1. The van der Waals surface area contributed by atoms with Crippen molar-refractivity contribution in [3.8, 4) is 5.75 Å². The van der Waals surface area contributed by atoms with Gasteiger partial charge in [-0.3, -0.25) is 9.69 Å². The van der Waals surface area contributed by atoms with Crippen molar-refractivity contribution < 1.29 is 24.2 Å². The number of piperidine rings is 1. The first-order chi connectivity index (χ1) is 23.1. The number of piperazine rings is 1. The summed E-state index contributed by atoms with van der Waals surface area (Å²) in [6, 6.07) is 12.2. The number of methoxy groups -OCH3 is 1. The molecule has 3 heterocycles. The van der Waals surface area contributed by atoms with E-state index in [0.29, 0.717) is 26.1 Å². The van der Waals surface area contributed by atoms with Crippen molar-refractivity contribution >= 4 is 46.9 Å². The normalized spacial score (nSPS) is 20.2. The maximum atomic E-state index is 12.8. The molecule has 1 atom stereocenters. The number of rotatable bonds is 5. The van der Waals surface area contributed by atoms with Crippen LogP contribution in [0.3, 0.4) is 0 Å². The number of phenols is 1. The summed E-state index contributed by atoms with van der Waals surface area (Å²) in [4.78, 5) is 45.0. The Morgan fingerprint density at radius 1 is 0.896 bits per heavy atom. The van der Waals surface area contributed by atoms with E-state index in [1.54, 1.807) is 17.0 Å². The van der Waals surface area contributed by atoms with E-state index in [1.165, 1.54) is 44.8 Å². The summed E-state index contributed by atoms with van der Waals surface area (Å²) in [6.07, 6.45) is 9.41. The van der Waals surface area contributed by atoms with E-state index >= 15 is 0 Å². The van der Waals surface area contributed by atoms with Gasteiger partial charge >= 0.3 is 12.1 Å². The Labute approximate surface area is 294 Å². The number of hydrogen-bond donors (Lipinski definition) is 2. The number of anilines is 1. The molecule has 2 aromatic carbocycles. The van der Waals surface area contributed by atoms with Crippen LogP contribution < -0.4 is 5.32 Å². The SMILES string of the molecule is COC(=O)N1CCC(N2CCc3ccccc3NC2=O)CC1.C[C@H](Cc1cc(Cl)c(O)c(Cl)c1)C(=O)N1CCN(C2CCCCC2)CC1. The second kappa shape index (κ2) is 16.9. The van der Waals surface area contributed by atoms with Gasteiger partial charge in [-0.2, -0.15) is 0 Å². The average Bonchev–Trinajstić information content (AvgIpc) is 3.28. The molecule has 10 nitrogen and oxygen atoms in total. The Kier molecular flexibility index (Phi) is 12.7. The van der Waals surface area contributed by atoms with E-state index in [9.17, 15) is 19.5 Å². The summed E-state index contributed by atoms with van der Waals surface area (Å²) in [7, 11) is 1.40. The van der Waals surface area contributed by atoms with Gasteiger partial charge in [0.25, 0.3) is 0 Å². The van der Waals surface area contributed by atoms with E-state index < -0.39 is 0 Å². The molecule has 3 aliphatic heterocycles. The van der Waals surface area contributed by atoms with Crippen LogP contribution in [0.4, 0.5) is 15.3 Å². The number of likely N-dealkylation sites (tertiary alicyclic amines) is 1. The zero-order chi connectivity index (χ0) is 34.2. The molecular formula is C36H49Cl2N5O5. The third-order valence-electron chi connectivity index (χ3n) is 10.2. The van der Waals surface area contributed by atoms with Crippen LogP contribution in [0.5, 0.6) is 5.75 Å². The van der Waals surface area contributed by atoms with Crippen molar-refractivity contribution in [2.24, 2.45) is 5.92 Å². The first-order valence-corrected chi connectivity index (χ1v) is 18.1. The van der Waals surface area contributed by atoms with E-state index in [2.05, 4.69) is 16.3 Å². The number of nitrogens with zero attached hydrogens (tertiary/aromatic N) is 4.